The highest BCUT2D eigenvalue weighted by Crippen LogP contribution is 2.30. The van der Waals surface area contributed by atoms with Crippen molar-refractivity contribution in [3.8, 4) is 11.4 Å². The average molecular weight is 406 g/mol. The predicted molar refractivity (Wildman–Crippen MR) is 111 cm³/mol. The van der Waals surface area contributed by atoms with Crippen LogP contribution in [0, 0.1) is 6.92 Å². The summed E-state index contributed by atoms with van der Waals surface area (Å²) in [5, 5.41) is 5.16. The number of rotatable bonds is 5. The minimum absolute atomic E-state index is 0.0887. The van der Waals surface area contributed by atoms with Crippen LogP contribution in [0.2, 0.25) is 5.02 Å². The summed E-state index contributed by atoms with van der Waals surface area (Å²) < 4.78 is 15.0. The highest BCUT2D eigenvalue weighted by atomic mass is 35.5. The molecule has 27 heavy (non-hydrogen) atoms. The van der Waals surface area contributed by atoms with Gasteiger partial charge in [0.1, 0.15) is 5.52 Å². The number of benzene rings is 1. The number of halogens is 1. The number of aromatic nitrogens is 3. The molecule has 3 aromatic rings. The van der Waals surface area contributed by atoms with Crippen LogP contribution in [0.5, 0.6) is 0 Å². The Morgan fingerprint density at radius 2 is 1.89 bits per heavy atom. The summed E-state index contributed by atoms with van der Waals surface area (Å²) in [4.78, 5) is 13.8. The third-order valence-corrected chi connectivity index (χ3v) is 6.37. The summed E-state index contributed by atoms with van der Waals surface area (Å²) in [5.41, 5.74) is 3.17. The lowest BCUT2D eigenvalue weighted by atomic mass is 9.95. The van der Waals surface area contributed by atoms with Gasteiger partial charge in [-0.1, -0.05) is 25.4 Å². The minimum atomic E-state index is -1.12. The van der Waals surface area contributed by atoms with Crippen LogP contribution >= 0.6 is 11.6 Å². The van der Waals surface area contributed by atoms with Gasteiger partial charge >= 0.3 is 0 Å². The van der Waals surface area contributed by atoms with Gasteiger partial charge in [0.05, 0.1) is 5.02 Å². The van der Waals surface area contributed by atoms with Crippen LogP contribution in [0.3, 0.4) is 0 Å². The Bertz CT molecular complexity index is 1100. The molecule has 0 N–H and O–H groups in total. The zero-order valence-electron chi connectivity index (χ0n) is 16.2. The van der Waals surface area contributed by atoms with Crippen LogP contribution in [0.25, 0.3) is 16.9 Å². The third-order valence-electron chi connectivity index (χ3n) is 5.14. The third kappa shape index (κ3) is 3.36. The van der Waals surface area contributed by atoms with E-state index < -0.39 is 10.8 Å². The van der Waals surface area contributed by atoms with Crippen molar-refractivity contribution in [2.75, 3.05) is 6.26 Å². The number of hydrogen-bond acceptors (Lipinski definition) is 3. The Morgan fingerprint density at radius 1 is 1.22 bits per heavy atom. The van der Waals surface area contributed by atoms with Crippen molar-refractivity contribution in [1.82, 2.24) is 14.2 Å². The van der Waals surface area contributed by atoms with E-state index in [1.807, 2.05) is 6.92 Å². The monoisotopic (exact) mass is 405 g/mol. The molecule has 1 aromatic carbocycles. The van der Waals surface area contributed by atoms with E-state index >= 15 is 0 Å². The fraction of sp³-hybridized carbons (Fsp3) is 0.400. The van der Waals surface area contributed by atoms with Crippen LogP contribution in [0.1, 0.15) is 43.9 Å². The molecule has 0 amide bonds. The van der Waals surface area contributed by atoms with E-state index in [4.69, 9.17) is 16.7 Å². The maximum absolute atomic E-state index is 13.2. The quantitative estimate of drug-likeness (QED) is 0.635. The van der Waals surface area contributed by atoms with Gasteiger partial charge in [-0.15, -0.1) is 5.10 Å². The molecule has 0 saturated carbocycles. The minimum Gasteiger partial charge on any atom is -0.292 e. The molecule has 0 spiro atoms. The second-order valence-corrected chi connectivity index (χ2v) is 8.59. The lowest BCUT2D eigenvalue weighted by molar-refractivity contribution is 0.644. The van der Waals surface area contributed by atoms with Crippen molar-refractivity contribution in [3.05, 3.63) is 50.9 Å². The number of hydrogen-bond donors (Lipinski definition) is 0. The number of fused-ring (bicyclic) bond motifs is 1. The largest absolute Gasteiger partial charge is 0.292 e. The van der Waals surface area contributed by atoms with Gasteiger partial charge in [-0.25, -0.2) is 4.52 Å². The smallest absolute Gasteiger partial charge is 0.278 e. The molecule has 7 heteroatoms. The molecule has 0 bridgehead atoms. The molecule has 0 radical (unpaired) electrons. The molecular weight excluding hydrogens is 382 g/mol. The lowest BCUT2D eigenvalue weighted by Crippen LogP contribution is -2.24. The Kier molecular flexibility index (Phi) is 5.58. The van der Waals surface area contributed by atoms with Gasteiger partial charge in [0, 0.05) is 40.3 Å². The maximum atomic E-state index is 13.2. The Labute approximate surface area is 166 Å². The Hall–Kier alpha value is -1.92. The van der Waals surface area contributed by atoms with Crippen LogP contribution in [0.15, 0.2) is 34.0 Å². The SMILES string of the molecule is CCC(CC)c1cc(C)n2nc(-c3ccc(S(C)=O)cc3Cl)n(C)c(=O)c12. The highest BCUT2D eigenvalue weighted by molar-refractivity contribution is 7.84. The summed E-state index contributed by atoms with van der Waals surface area (Å²) in [6, 6.07) is 7.26. The van der Waals surface area contributed by atoms with Gasteiger partial charge in [0.2, 0.25) is 0 Å². The molecule has 0 aliphatic heterocycles. The van der Waals surface area contributed by atoms with E-state index in [1.54, 1.807) is 40.6 Å². The maximum Gasteiger partial charge on any atom is 0.278 e. The molecule has 2 heterocycles. The summed E-state index contributed by atoms with van der Waals surface area (Å²) in [5.74, 6) is 0.817. The van der Waals surface area contributed by atoms with E-state index in [-0.39, 0.29) is 5.56 Å². The molecule has 0 fully saturated rings. The zero-order valence-corrected chi connectivity index (χ0v) is 17.8. The van der Waals surface area contributed by atoms with Gasteiger partial charge in [0.15, 0.2) is 5.82 Å². The first kappa shape index (κ1) is 19.8. The summed E-state index contributed by atoms with van der Waals surface area (Å²) >= 11 is 6.42. The molecule has 5 nitrogen and oxygen atoms in total. The molecular formula is C20H24ClN3O2S. The van der Waals surface area contributed by atoms with Crippen LogP contribution in [0.4, 0.5) is 0 Å². The molecule has 3 rings (SSSR count). The normalized spacial score (nSPS) is 12.9. The van der Waals surface area contributed by atoms with Gasteiger partial charge in [-0.3, -0.25) is 13.6 Å². The predicted octanol–water partition coefficient (Wildman–Crippen LogP) is 4.30. The van der Waals surface area contributed by atoms with E-state index in [0.29, 0.717) is 32.7 Å². The second-order valence-electron chi connectivity index (χ2n) is 6.80. The van der Waals surface area contributed by atoms with Gasteiger partial charge in [-0.05, 0) is 55.5 Å². The van der Waals surface area contributed by atoms with Crippen molar-refractivity contribution in [3.63, 3.8) is 0 Å². The molecule has 144 valence electrons. The standard InChI is InChI=1S/C20H24ClN3O2S/c1-6-13(7-2)16-10-12(3)24-18(16)20(25)23(4)19(22-24)15-9-8-14(27(5)26)11-17(15)21/h8-11,13H,6-7H2,1-5H3. The van der Waals surface area contributed by atoms with Crippen molar-refractivity contribution in [2.24, 2.45) is 7.05 Å². The Balaban J connectivity index is 2.29. The van der Waals surface area contributed by atoms with Gasteiger partial charge < -0.3 is 0 Å². The highest BCUT2D eigenvalue weighted by Gasteiger charge is 2.21. The number of aryl methyl sites for hydroxylation is 1. The summed E-state index contributed by atoms with van der Waals surface area (Å²) in [7, 11) is 0.592. The zero-order chi connectivity index (χ0) is 19.9. The van der Waals surface area contributed by atoms with E-state index in [1.165, 1.54) is 0 Å². The topological polar surface area (TPSA) is 56.4 Å². The lowest BCUT2D eigenvalue weighted by Gasteiger charge is -2.14. The molecule has 0 aliphatic carbocycles. The summed E-state index contributed by atoms with van der Waals surface area (Å²) in [6.45, 7) is 6.23. The first-order valence-electron chi connectivity index (χ1n) is 9.02. The molecule has 0 aliphatic rings. The van der Waals surface area contributed by atoms with Crippen LogP contribution < -0.4 is 5.56 Å². The Morgan fingerprint density at radius 3 is 2.44 bits per heavy atom. The van der Waals surface area contributed by atoms with Crippen molar-refractivity contribution < 1.29 is 4.21 Å². The van der Waals surface area contributed by atoms with Crippen molar-refractivity contribution in [1.29, 1.82) is 0 Å². The van der Waals surface area contributed by atoms with Gasteiger partial charge in [0.25, 0.3) is 5.56 Å². The fourth-order valence-electron chi connectivity index (χ4n) is 3.54. The molecule has 1 unspecified atom stereocenters. The summed E-state index contributed by atoms with van der Waals surface area (Å²) in [6.07, 6.45) is 3.55. The first-order chi connectivity index (χ1) is 12.8. The van der Waals surface area contributed by atoms with Crippen molar-refractivity contribution in [2.45, 2.75) is 44.4 Å². The average Bonchev–Trinajstić information content (AvgIpc) is 2.96. The van der Waals surface area contributed by atoms with Crippen molar-refractivity contribution >= 4 is 27.9 Å². The number of nitrogens with zero attached hydrogens (tertiary/aromatic N) is 3. The second kappa shape index (κ2) is 7.60. The first-order valence-corrected chi connectivity index (χ1v) is 11.0. The molecule has 0 saturated heterocycles. The van der Waals surface area contributed by atoms with E-state index in [0.717, 1.165) is 24.1 Å². The van der Waals surface area contributed by atoms with E-state index in [9.17, 15) is 9.00 Å². The van der Waals surface area contributed by atoms with Crippen LogP contribution in [-0.2, 0) is 17.8 Å². The van der Waals surface area contributed by atoms with E-state index in [2.05, 4.69) is 19.9 Å². The fourth-order valence-corrected chi connectivity index (χ4v) is 4.42. The molecule has 1 atom stereocenters. The van der Waals surface area contributed by atoms with Crippen LogP contribution in [-0.4, -0.2) is 24.6 Å². The molecule has 2 aromatic heterocycles. The van der Waals surface area contributed by atoms with Gasteiger partial charge in [-0.2, -0.15) is 0 Å².